The maximum Gasteiger partial charge on any atom is 0.303 e. The van der Waals surface area contributed by atoms with Gasteiger partial charge in [-0.1, -0.05) is 38.3 Å². The summed E-state index contributed by atoms with van der Waals surface area (Å²) in [5.74, 6) is -1.46. The molecule has 0 aromatic rings. The van der Waals surface area contributed by atoms with E-state index in [0.29, 0.717) is 18.4 Å². The fraction of sp³-hybridized carbons (Fsp3) is 0.750. The van der Waals surface area contributed by atoms with E-state index in [1.165, 1.54) is 6.26 Å². The van der Waals surface area contributed by atoms with Crippen LogP contribution in [0.1, 0.15) is 58.3 Å². The fourth-order valence-corrected chi connectivity index (χ4v) is 3.94. The third kappa shape index (κ3) is 5.55. The van der Waals surface area contributed by atoms with Gasteiger partial charge in [-0.3, -0.25) is 4.79 Å². The number of carboxylic acids is 1. The number of carbonyl (C=O) groups is 1. The van der Waals surface area contributed by atoms with Gasteiger partial charge in [-0.2, -0.15) is 0 Å². The number of aliphatic hydroxyl groups excluding tert-OH is 2. The Morgan fingerprint density at radius 3 is 2.85 bits per heavy atom. The van der Waals surface area contributed by atoms with E-state index >= 15 is 0 Å². The van der Waals surface area contributed by atoms with Gasteiger partial charge >= 0.3 is 5.97 Å². The second-order valence-electron chi connectivity index (χ2n) is 7.40. The smallest absolute Gasteiger partial charge is 0.303 e. The van der Waals surface area contributed by atoms with Gasteiger partial charge in [0.1, 0.15) is 12.3 Å². The first kappa shape index (κ1) is 20.9. The summed E-state index contributed by atoms with van der Waals surface area (Å²) < 4.78 is 20.2. The van der Waals surface area contributed by atoms with E-state index in [-0.39, 0.29) is 37.2 Å². The Labute approximate surface area is 154 Å². The molecule has 0 aromatic heterocycles. The molecule has 6 atom stereocenters. The maximum absolute atomic E-state index is 14.6. The molecule has 0 amide bonds. The number of rotatable bonds is 11. The van der Waals surface area contributed by atoms with Crippen molar-refractivity contribution < 1.29 is 29.2 Å². The van der Waals surface area contributed by atoms with Gasteiger partial charge in [0.05, 0.1) is 18.5 Å². The van der Waals surface area contributed by atoms with Crippen LogP contribution in [0.25, 0.3) is 0 Å². The first-order valence-corrected chi connectivity index (χ1v) is 9.69. The van der Waals surface area contributed by atoms with E-state index in [9.17, 15) is 19.4 Å². The Morgan fingerprint density at radius 2 is 2.15 bits per heavy atom. The molecule has 26 heavy (non-hydrogen) atoms. The van der Waals surface area contributed by atoms with E-state index in [2.05, 4.69) is 6.92 Å². The zero-order valence-corrected chi connectivity index (χ0v) is 15.4. The molecule has 1 fully saturated rings. The molecule has 3 N–H and O–H groups in total. The molecular weight excluding hydrogens is 339 g/mol. The van der Waals surface area contributed by atoms with Crippen LogP contribution in [-0.4, -0.2) is 45.8 Å². The van der Waals surface area contributed by atoms with Crippen LogP contribution in [0.2, 0.25) is 0 Å². The summed E-state index contributed by atoms with van der Waals surface area (Å²) in [5.41, 5.74) is 0.507. The third-order valence-electron chi connectivity index (χ3n) is 5.37. The lowest BCUT2D eigenvalue weighted by molar-refractivity contribution is -0.137. The molecule has 1 saturated carbocycles. The Hall–Kier alpha value is -1.40. The summed E-state index contributed by atoms with van der Waals surface area (Å²) in [6, 6.07) is 0. The van der Waals surface area contributed by atoms with Crippen molar-refractivity contribution in [2.24, 2.45) is 11.8 Å². The Morgan fingerprint density at radius 1 is 1.38 bits per heavy atom. The van der Waals surface area contributed by atoms with Crippen molar-refractivity contribution in [1.29, 1.82) is 0 Å². The molecule has 2 aliphatic rings. The van der Waals surface area contributed by atoms with Gasteiger partial charge in [-0.05, 0) is 19.3 Å². The second kappa shape index (κ2) is 10.1. The van der Waals surface area contributed by atoms with E-state index in [1.54, 1.807) is 12.2 Å². The second-order valence-corrected chi connectivity index (χ2v) is 7.40. The molecule has 2 rings (SSSR count). The van der Waals surface area contributed by atoms with Crippen LogP contribution < -0.4 is 0 Å². The molecule has 1 aliphatic carbocycles. The van der Waals surface area contributed by atoms with Crippen molar-refractivity contribution >= 4 is 5.97 Å². The number of halogens is 1. The summed E-state index contributed by atoms with van der Waals surface area (Å²) in [6.45, 7) is 2.11. The summed E-state index contributed by atoms with van der Waals surface area (Å²) in [6.07, 6.45) is 6.85. The van der Waals surface area contributed by atoms with E-state index in [1.807, 2.05) is 0 Å². The van der Waals surface area contributed by atoms with Crippen molar-refractivity contribution in [2.45, 2.75) is 82.8 Å². The minimum Gasteiger partial charge on any atom is -0.497 e. The highest BCUT2D eigenvalue weighted by Gasteiger charge is 2.48. The average Bonchev–Trinajstić information content (AvgIpc) is 3.11. The Balaban J connectivity index is 1.94. The monoisotopic (exact) mass is 370 g/mol. The zero-order chi connectivity index (χ0) is 19.1. The largest absolute Gasteiger partial charge is 0.497 e. The summed E-state index contributed by atoms with van der Waals surface area (Å²) in [5, 5.41) is 29.1. The first-order valence-electron chi connectivity index (χ1n) is 9.69. The lowest BCUT2D eigenvalue weighted by atomic mass is 9.84. The van der Waals surface area contributed by atoms with Crippen LogP contribution in [-0.2, 0) is 9.53 Å². The van der Waals surface area contributed by atoms with E-state index < -0.39 is 24.3 Å². The molecule has 1 heterocycles. The number of hydrogen-bond donors (Lipinski definition) is 3. The Bertz CT molecular complexity index is 518. The fourth-order valence-electron chi connectivity index (χ4n) is 3.94. The highest BCUT2D eigenvalue weighted by molar-refractivity contribution is 5.66. The molecule has 1 aliphatic heterocycles. The van der Waals surface area contributed by atoms with Gasteiger partial charge in [0.25, 0.3) is 0 Å². The van der Waals surface area contributed by atoms with E-state index in [4.69, 9.17) is 9.84 Å². The summed E-state index contributed by atoms with van der Waals surface area (Å²) in [7, 11) is 0. The average molecular weight is 370 g/mol. The number of aliphatic carboxylic acids is 1. The normalized spacial score (nSPS) is 30.1. The lowest BCUT2D eigenvalue weighted by Gasteiger charge is -2.22. The molecule has 0 bridgehead atoms. The molecule has 0 aromatic carbocycles. The van der Waals surface area contributed by atoms with Crippen LogP contribution in [0.15, 0.2) is 24.0 Å². The topological polar surface area (TPSA) is 87.0 Å². The number of unbranched alkanes of at least 4 members (excludes halogenated alkanes) is 2. The highest BCUT2D eigenvalue weighted by Crippen LogP contribution is 2.46. The quantitative estimate of drug-likeness (QED) is 0.383. The van der Waals surface area contributed by atoms with Gasteiger partial charge in [0.15, 0.2) is 0 Å². The van der Waals surface area contributed by atoms with Crippen molar-refractivity contribution in [3.8, 4) is 0 Å². The summed E-state index contributed by atoms with van der Waals surface area (Å²) >= 11 is 0. The third-order valence-corrected chi connectivity index (χ3v) is 5.37. The molecule has 0 unspecified atom stereocenters. The predicted molar refractivity (Wildman–Crippen MR) is 96.2 cm³/mol. The lowest BCUT2D eigenvalue weighted by Crippen LogP contribution is -2.24. The highest BCUT2D eigenvalue weighted by atomic mass is 19.1. The minimum atomic E-state index is -1.26. The van der Waals surface area contributed by atoms with Crippen LogP contribution in [0.4, 0.5) is 4.39 Å². The van der Waals surface area contributed by atoms with Gasteiger partial charge < -0.3 is 20.1 Å². The standard InChI is InChI=1S/C20H31FO5/c1-2-3-4-6-13(22)9-10-14-17(23)11-18-20(14)15(12-26-18)16(21)7-5-8-19(24)25/h9-10,12-14,16-18,20,22-23H,2-8,11H2,1H3,(H,24,25)/b10-9-/t13-,14-,16+,17+,18-,20-/m0/s1. The Kier molecular flexibility index (Phi) is 8.10. The van der Waals surface area contributed by atoms with Gasteiger partial charge in [0, 0.05) is 30.3 Å². The molecule has 6 heteroatoms. The van der Waals surface area contributed by atoms with Crippen LogP contribution >= 0.6 is 0 Å². The summed E-state index contributed by atoms with van der Waals surface area (Å²) in [4.78, 5) is 10.6. The maximum atomic E-state index is 14.6. The SMILES string of the molecule is CCCCC[C@H](O)/C=C\[C@@H]1[C@H]2C([C@H](F)CCCC(=O)O)=CO[C@H]2C[C@H]1O. The number of hydrogen-bond acceptors (Lipinski definition) is 4. The van der Waals surface area contributed by atoms with Crippen LogP contribution in [0, 0.1) is 11.8 Å². The molecule has 0 saturated heterocycles. The van der Waals surface area contributed by atoms with Crippen molar-refractivity contribution in [1.82, 2.24) is 0 Å². The van der Waals surface area contributed by atoms with Gasteiger partial charge in [-0.25, -0.2) is 4.39 Å². The van der Waals surface area contributed by atoms with Crippen molar-refractivity contribution in [3.05, 3.63) is 24.0 Å². The number of carboxylic acid groups (broad SMARTS) is 1. The number of aliphatic hydroxyl groups is 2. The predicted octanol–water partition coefficient (Wildman–Crippen LogP) is 3.36. The number of alkyl halides is 1. The first-order chi connectivity index (χ1) is 12.4. The van der Waals surface area contributed by atoms with Crippen molar-refractivity contribution in [2.75, 3.05) is 0 Å². The van der Waals surface area contributed by atoms with E-state index in [0.717, 1.165) is 19.3 Å². The molecule has 0 radical (unpaired) electrons. The number of fused-ring (bicyclic) bond motifs is 1. The molecule has 5 nitrogen and oxygen atoms in total. The minimum absolute atomic E-state index is 0.0570. The van der Waals surface area contributed by atoms with Crippen LogP contribution in [0.5, 0.6) is 0 Å². The number of ether oxygens (including phenoxy) is 1. The molecule has 148 valence electrons. The van der Waals surface area contributed by atoms with Gasteiger partial charge in [-0.15, -0.1) is 0 Å². The van der Waals surface area contributed by atoms with Crippen molar-refractivity contribution in [3.63, 3.8) is 0 Å². The molecule has 0 spiro atoms. The molecular formula is C20H31FO5. The zero-order valence-electron chi connectivity index (χ0n) is 15.4. The van der Waals surface area contributed by atoms with Gasteiger partial charge in [0.2, 0.25) is 0 Å². The van der Waals surface area contributed by atoms with Crippen LogP contribution in [0.3, 0.4) is 0 Å².